The Hall–Kier alpha value is -0.870. The lowest BCUT2D eigenvalue weighted by Gasteiger charge is -2.43. The maximum atomic E-state index is 6.73. The second kappa shape index (κ2) is 5.86. The molecule has 2 fully saturated rings. The van der Waals surface area contributed by atoms with Gasteiger partial charge in [-0.15, -0.1) is 0 Å². The molecule has 4 heteroatoms. The minimum Gasteiger partial charge on any atom is -0.322 e. The van der Waals surface area contributed by atoms with Crippen LogP contribution in [0.25, 0.3) is 0 Å². The van der Waals surface area contributed by atoms with Gasteiger partial charge < -0.3 is 5.73 Å². The zero-order valence-electron chi connectivity index (χ0n) is 12.7. The zero-order valence-corrected chi connectivity index (χ0v) is 12.7. The SMILES string of the molecule is CCCn1cc(C(N)C2(N3CCCC3)CCCC2)cn1. The van der Waals surface area contributed by atoms with Gasteiger partial charge in [-0.2, -0.15) is 5.10 Å². The van der Waals surface area contributed by atoms with Crippen LogP contribution in [0.15, 0.2) is 12.4 Å². The van der Waals surface area contributed by atoms with Crippen LogP contribution in [0.5, 0.6) is 0 Å². The van der Waals surface area contributed by atoms with Crippen molar-refractivity contribution in [1.82, 2.24) is 14.7 Å². The van der Waals surface area contributed by atoms with E-state index >= 15 is 0 Å². The van der Waals surface area contributed by atoms with Gasteiger partial charge in [0.2, 0.25) is 0 Å². The molecule has 1 saturated carbocycles. The summed E-state index contributed by atoms with van der Waals surface area (Å²) in [5, 5.41) is 4.47. The maximum absolute atomic E-state index is 6.73. The molecule has 0 radical (unpaired) electrons. The highest BCUT2D eigenvalue weighted by atomic mass is 15.3. The second-order valence-corrected chi connectivity index (χ2v) is 6.52. The van der Waals surface area contributed by atoms with Gasteiger partial charge in [-0.05, 0) is 45.2 Å². The van der Waals surface area contributed by atoms with Crippen molar-refractivity contribution >= 4 is 0 Å². The van der Waals surface area contributed by atoms with E-state index in [4.69, 9.17) is 5.73 Å². The molecular weight excluding hydrogens is 248 g/mol. The van der Waals surface area contributed by atoms with Crippen molar-refractivity contribution in [3.05, 3.63) is 18.0 Å². The predicted octanol–water partition coefficient (Wildman–Crippen LogP) is 2.70. The summed E-state index contributed by atoms with van der Waals surface area (Å²) in [5.41, 5.74) is 8.16. The normalized spacial score (nSPS) is 24.3. The van der Waals surface area contributed by atoms with E-state index in [1.54, 1.807) is 0 Å². The fourth-order valence-corrected chi connectivity index (χ4v) is 4.18. The van der Waals surface area contributed by atoms with Gasteiger partial charge in [0.05, 0.1) is 12.2 Å². The molecule has 1 aliphatic heterocycles. The molecule has 0 bridgehead atoms. The second-order valence-electron chi connectivity index (χ2n) is 6.52. The number of likely N-dealkylation sites (tertiary alicyclic amines) is 1. The van der Waals surface area contributed by atoms with Crippen LogP contribution >= 0.6 is 0 Å². The van der Waals surface area contributed by atoms with Crippen molar-refractivity contribution in [2.24, 2.45) is 5.73 Å². The highest BCUT2D eigenvalue weighted by Gasteiger charge is 2.46. The van der Waals surface area contributed by atoms with Crippen LogP contribution in [-0.4, -0.2) is 33.3 Å². The summed E-state index contributed by atoms with van der Waals surface area (Å²) in [6, 6.07) is 0.119. The summed E-state index contributed by atoms with van der Waals surface area (Å²) in [7, 11) is 0. The lowest BCUT2D eigenvalue weighted by molar-refractivity contribution is 0.0921. The molecule has 4 nitrogen and oxygen atoms in total. The standard InChI is InChI=1S/C16H28N4/c1-2-9-20-13-14(12-18-20)15(17)16(7-3-4-8-16)19-10-5-6-11-19/h12-13,15H,2-11,17H2,1H3. The Morgan fingerprint density at radius 1 is 1.25 bits per heavy atom. The quantitative estimate of drug-likeness (QED) is 0.899. The monoisotopic (exact) mass is 276 g/mol. The maximum Gasteiger partial charge on any atom is 0.0538 e. The van der Waals surface area contributed by atoms with E-state index in [0.717, 1.165) is 13.0 Å². The molecule has 1 aromatic heterocycles. The Morgan fingerprint density at radius 2 is 1.95 bits per heavy atom. The number of aromatic nitrogens is 2. The number of aryl methyl sites for hydroxylation is 1. The molecular formula is C16H28N4. The van der Waals surface area contributed by atoms with Crippen molar-refractivity contribution in [2.45, 2.75) is 70.0 Å². The van der Waals surface area contributed by atoms with Gasteiger partial charge >= 0.3 is 0 Å². The Balaban J connectivity index is 1.82. The first-order valence-electron chi connectivity index (χ1n) is 8.29. The molecule has 1 aromatic rings. The van der Waals surface area contributed by atoms with Gasteiger partial charge in [0, 0.05) is 23.8 Å². The summed E-state index contributed by atoms with van der Waals surface area (Å²) >= 11 is 0. The lowest BCUT2D eigenvalue weighted by atomic mass is 9.84. The van der Waals surface area contributed by atoms with Gasteiger partial charge in [-0.3, -0.25) is 9.58 Å². The number of rotatable bonds is 5. The van der Waals surface area contributed by atoms with Crippen LogP contribution in [0.3, 0.4) is 0 Å². The molecule has 112 valence electrons. The minimum absolute atomic E-state index is 0.119. The van der Waals surface area contributed by atoms with Crippen molar-refractivity contribution in [3.8, 4) is 0 Å². The van der Waals surface area contributed by atoms with Crippen LogP contribution in [0, 0.1) is 0 Å². The number of hydrogen-bond donors (Lipinski definition) is 1. The van der Waals surface area contributed by atoms with Crippen molar-refractivity contribution in [3.63, 3.8) is 0 Å². The highest BCUT2D eigenvalue weighted by molar-refractivity contribution is 5.19. The third kappa shape index (κ3) is 2.40. The van der Waals surface area contributed by atoms with Crippen LogP contribution in [0.2, 0.25) is 0 Å². The minimum atomic E-state index is 0.119. The highest BCUT2D eigenvalue weighted by Crippen LogP contribution is 2.44. The largest absolute Gasteiger partial charge is 0.322 e. The molecule has 1 unspecified atom stereocenters. The molecule has 0 amide bonds. The van der Waals surface area contributed by atoms with Crippen molar-refractivity contribution in [2.75, 3.05) is 13.1 Å². The molecule has 2 N–H and O–H groups in total. The van der Waals surface area contributed by atoms with Gasteiger partial charge in [0.15, 0.2) is 0 Å². The predicted molar refractivity (Wildman–Crippen MR) is 81.5 cm³/mol. The van der Waals surface area contributed by atoms with Gasteiger partial charge in [-0.1, -0.05) is 19.8 Å². The topological polar surface area (TPSA) is 47.1 Å². The van der Waals surface area contributed by atoms with Gasteiger partial charge in [0.1, 0.15) is 0 Å². The first-order chi connectivity index (χ1) is 9.76. The summed E-state index contributed by atoms with van der Waals surface area (Å²) in [4.78, 5) is 2.68. The molecule has 3 rings (SSSR count). The average molecular weight is 276 g/mol. The van der Waals surface area contributed by atoms with Crippen LogP contribution in [-0.2, 0) is 6.54 Å². The summed E-state index contributed by atoms with van der Waals surface area (Å²) in [6.07, 6.45) is 13.1. The van der Waals surface area contributed by atoms with Gasteiger partial charge in [-0.25, -0.2) is 0 Å². The van der Waals surface area contributed by atoms with E-state index in [1.165, 1.54) is 57.2 Å². The van der Waals surface area contributed by atoms with Gasteiger partial charge in [0.25, 0.3) is 0 Å². The van der Waals surface area contributed by atoms with Crippen molar-refractivity contribution < 1.29 is 0 Å². The molecule has 1 saturated heterocycles. The van der Waals surface area contributed by atoms with E-state index in [2.05, 4.69) is 23.1 Å². The summed E-state index contributed by atoms with van der Waals surface area (Å²) < 4.78 is 2.04. The van der Waals surface area contributed by atoms with E-state index in [0.29, 0.717) is 0 Å². The Bertz CT molecular complexity index is 427. The Kier molecular flexibility index (Phi) is 4.13. The lowest BCUT2D eigenvalue weighted by Crippen LogP contribution is -2.52. The third-order valence-electron chi connectivity index (χ3n) is 5.25. The van der Waals surface area contributed by atoms with E-state index in [9.17, 15) is 0 Å². The molecule has 2 aliphatic rings. The molecule has 0 spiro atoms. The molecule has 20 heavy (non-hydrogen) atoms. The first-order valence-corrected chi connectivity index (χ1v) is 8.29. The number of nitrogens with two attached hydrogens (primary N) is 1. The van der Waals surface area contributed by atoms with E-state index < -0.39 is 0 Å². The zero-order chi connectivity index (χ0) is 14.0. The number of nitrogens with zero attached hydrogens (tertiary/aromatic N) is 3. The Morgan fingerprint density at radius 3 is 2.60 bits per heavy atom. The van der Waals surface area contributed by atoms with Crippen molar-refractivity contribution in [1.29, 1.82) is 0 Å². The molecule has 1 aliphatic carbocycles. The van der Waals surface area contributed by atoms with Crippen LogP contribution in [0.4, 0.5) is 0 Å². The number of hydrogen-bond acceptors (Lipinski definition) is 3. The molecule has 1 atom stereocenters. The third-order valence-corrected chi connectivity index (χ3v) is 5.25. The van der Waals surface area contributed by atoms with Crippen LogP contribution < -0.4 is 5.73 Å². The fraction of sp³-hybridized carbons (Fsp3) is 0.812. The average Bonchev–Trinajstić information content (AvgIpc) is 3.19. The summed E-state index contributed by atoms with van der Waals surface area (Å²) in [5.74, 6) is 0. The molecule has 0 aromatic carbocycles. The van der Waals surface area contributed by atoms with E-state index in [-0.39, 0.29) is 11.6 Å². The first kappa shape index (κ1) is 14.1. The Labute approximate surface area is 122 Å². The van der Waals surface area contributed by atoms with E-state index in [1.807, 2.05) is 10.9 Å². The fourth-order valence-electron chi connectivity index (χ4n) is 4.18. The smallest absolute Gasteiger partial charge is 0.0538 e. The molecule has 2 heterocycles. The summed E-state index contributed by atoms with van der Waals surface area (Å²) in [6.45, 7) is 5.64. The van der Waals surface area contributed by atoms with Crippen LogP contribution in [0.1, 0.15) is 63.5 Å².